The molecular weight excluding hydrogens is 244 g/mol. The standard InChI is InChI=1S/C14H28N2OS/c1-13(2)6-8-18-11-14(13,10-15)16(3)9-12-5-4-7-17-12/h12H,4-11,15H2,1-3H3. The number of nitrogens with zero attached hydrogens (tertiary/aromatic N) is 1. The Balaban J connectivity index is 2.09. The van der Waals surface area contributed by atoms with Crippen molar-refractivity contribution in [2.24, 2.45) is 11.1 Å². The van der Waals surface area contributed by atoms with Crippen LogP contribution >= 0.6 is 11.8 Å². The molecule has 2 N–H and O–H groups in total. The first-order valence-electron chi connectivity index (χ1n) is 7.12. The van der Waals surface area contributed by atoms with E-state index in [1.807, 2.05) is 0 Å². The Kier molecular flexibility index (Phi) is 4.63. The number of likely N-dealkylation sites (N-methyl/N-ethyl adjacent to an activating group) is 1. The number of hydrogen-bond acceptors (Lipinski definition) is 4. The molecule has 18 heavy (non-hydrogen) atoms. The zero-order valence-corrected chi connectivity index (χ0v) is 12.9. The van der Waals surface area contributed by atoms with Gasteiger partial charge in [-0.3, -0.25) is 4.90 Å². The summed E-state index contributed by atoms with van der Waals surface area (Å²) in [7, 11) is 2.24. The fourth-order valence-electron chi connectivity index (χ4n) is 3.38. The summed E-state index contributed by atoms with van der Waals surface area (Å²) in [6.07, 6.45) is 4.09. The highest BCUT2D eigenvalue weighted by molar-refractivity contribution is 7.99. The summed E-state index contributed by atoms with van der Waals surface area (Å²) in [4.78, 5) is 2.50. The van der Waals surface area contributed by atoms with E-state index in [0.29, 0.717) is 11.5 Å². The van der Waals surface area contributed by atoms with Gasteiger partial charge >= 0.3 is 0 Å². The molecule has 2 fully saturated rings. The van der Waals surface area contributed by atoms with Crippen LogP contribution in [-0.4, -0.2) is 54.8 Å². The lowest BCUT2D eigenvalue weighted by molar-refractivity contribution is -0.0145. The molecule has 0 aromatic heterocycles. The zero-order valence-electron chi connectivity index (χ0n) is 12.1. The Bertz CT molecular complexity index is 279. The van der Waals surface area contributed by atoms with Crippen LogP contribution in [0.2, 0.25) is 0 Å². The second-order valence-electron chi connectivity index (χ2n) is 6.44. The number of hydrogen-bond donors (Lipinski definition) is 1. The van der Waals surface area contributed by atoms with E-state index in [-0.39, 0.29) is 5.54 Å². The van der Waals surface area contributed by atoms with Gasteiger partial charge in [-0.1, -0.05) is 13.8 Å². The third-order valence-corrected chi connectivity index (χ3v) is 6.22. The number of nitrogens with two attached hydrogens (primary N) is 1. The van der Waals surface area contributed by atoms with E-state index >= 15 is 0 Å². The lowest BCUT2D eigenvalue weighted by Crippen LogP contribution is -2.65. The predicted molar refractivity (Wildman–Crippen MR) is 79.1 cm³/mol. The van der Waals surface area contributed by atoms with E-state index in [0.717, 1.165) is 25.4 Å². The summed E-state index contributed by atoms with van der Waals surface area (Å²) < 4.78 is 5.78. The first-order valence-corrected chi connectivity index (χ1v) is 8.28. The Hall–Kier alpha value is 0.230. The SMILES string of the molecule is CN(CC1CCCO1)C1(CN)CSCCC1(C)C. The van der Waals surface area contributed by atoms with E-state index in [1.165, 1.54) is 25.0 Å². The molecule has 2 unspecified atom stereocenters. The van der Waals surface area contributed by atoms with Crippen LogP contribution in [-0.2, 0) is 4.74 Å². The molecule has 0 saturated carbocycles. The minimum atomic E-state index is 0.127. The molecule has 0 spiro atoms. The fraction of sp³-hybridized carbons (Fsp3) is 1.00. The van der Waals surface area contributed by atoms with Gasteiger partial charge in [-0.05, 0) is 37.5 Å². The van der Waals surface area contributed by atoms with E-state index in [2.05, 4.69) is 37.6 Å². The summed E-state index contributed by atoms with van der Waals surface area (Å²) in [5.41, 5.74) is 6.61. The maximum Gasteiger partial charge on any atom is 0.0702 e. The average Bonchev–Trinajstić information content (AvgIpc) is 2.81. The van der Waals surface area contributed by atoms with Gasteiger partial charge in [0.2, 0.25) is 0 Å². The Morgan fingerprint density at radius 3 is 2.78 bits per heavy atom. The second kappa shape index (κ2) is 5.70. The molecule has 2 rings (SSSR count). The van der Waals surface area contributed by atoms with Crippen molar-refractivity contribution >= 4 is 11.8 Å². The van der Waals surface area contributed by atoms with Gasteiger partial charge in [-0.2, -0.15) is 11.8 Å². The molecule has 0 radical (unpaired) electrons. The van der Waals surface area contributed by atoms with Crippen LogP contribution in [0.1, 0.15) is 33.1 Å². The smallest absolute Gasteiger partial charge is 0.0702 e. The van der Waals surface area contributed by atoms with Crippen molar-refractivity contribution < 1.29 is 4.74 Å². The van der Waals surface area contributed by atoms with Gasteiger partial charge in [0.1, 0.15) is 0 Å². The van der Waals surface area contributed by atoms with E-state index in [4.69, 9.17) is 10.5 Å². The molecule has 0 aliphatic carbocycles. The van der Waals surface area contributed by atoms with Crippen LogP contribution in [0.5, 0.6) is 0 Å². The third-order valence-electron chi connectivity index (χ3n) is 5.04. The van der Waals surface area contributed by atoms with Gasteiger partial charge in [0.15, 0.2) is 0 Å². The highest BCUT2D eigenvalue weighted by atomic mass is 32.2. The summed E-state index contributed by atoms with van der Waals surface area (Å²) in [6.45, 7) is 7.47. The zero-order chi connectivity index (χ0) is 13.2. The van der Waals surface area contributed by atoms with E-state index < -0.39 is 0 Å². The molecule has 2 atom stereocenters. The van der Waals surface area contributed by atoms with Crippen molar-refractivity contribution in [3.8, 4) is 0 Å². The Morgan fingerprint density at radius 1 is 1.44 bits per heavy atom. The van der Waals surface area contributed by atoms with Gasteiger partial charge in [-0.15, -0.1) is 0 Å². The van der Waals surface area contributed by atoms with Crippen molar-refractivity contribution in [1.29, 1.82) is 0 Å². The molecule has 3 nitrogen and oxygen atoms in total. The molecule has 2 aliphatic rings. The monoisotopic (exact) mass is 272 g/mol. The van der Waals surface area contributed by atoms with E-state index in [1.54, 1.807) is 0 Å². The van der Waals surface area contributed by atoms with E-state index in [9.17, 15) is 0 Å². The van der Waals surface area contributed by atoms with Gasteiger partial charge in [0.25, 0.3) is 0 Å². The quantitative estimate of drug-likeness (QED) is 0.849. The first-order chi connectivity index (χ1) is 8.52. The summed E-state index contributed by atoms with van der Waals surface area (Å²) in [5, 5.41) is 0. The van der Waals surface area contributed by atoms with Crippen molar-refractivity contribution in [1.82, 2.24) is 4.90 Å². The van der Waals surface area contributed by atoms with Gasteiger partial charge in [-0.25, -0.2) is 0 Å². The van der Waals surface area contributed by atoms with Crippen LogP contribution in [0.3, 0.4) is 0 Å². The second-order valence-corrected chi connectivity index (χ2v) is 7.54. The molecule has 4 heteroatoms. The lowest BCUT2D eigenvalue weighted by atomic mass is 9.69. The molecule has 0 aromatic rings. The highest BCUT2D eigenvalue weighted by Crippen LogP contribution is 2.45. The van der Waals surface area contributed by atoms with Crippen molar-refractivity contribution in [2.45, 2.75) is 44.8 Å². The summed E-state index contributed by atoms with van der Waals surface area (Å²) in [6, 6.07) is 0. The molecule has 0 aromatic carbocycles. The lowest BCUT2D eigenvalue weighted by Gasteiger charge is -2.55. The topological polar surface area (TPSA) is 38.5 Å². The minimum Gasteiger partial charge on any atom is -0.377 e. The number of ether oxygens (including phenoxy) is 1. The summed E-state index contributed by atoms with van der Waals surface area (Å²) in [5.74, 6) is 2.42. The van der Waals surface area contributed by atoms with Crippen LogP contribution in [0.25, 0.3) is 0 Å². The van der Waals surface area contributed by atoms with Crippen molar-refractivity contribution in [2.75, 3.05) is 38.2 Å². The third kappa shape index (κ3) is 2.58. The maximum absolute atomic E-state index is 6.19. The van der Waals surface area contributed by atoms with Crippen molar-refractivity contribution in [3.63, 3.8) is 0 Å². The van der Waals surface area contributed by atoms with Crippen LogP contribution in [0, 0.1) is 5.41 Å². The Morgan fingerprint density at radius 2 is 2.22 bits per heavy atom. The highest BCUT2D eigenvalue weighted by Gasteiger charge is 2.49. The molecular formula is C14H28N2OS. The number of thioether (sulfide) groups is 1. The summed E-state index contributed by atoms with van der Waals surface area (Å²) >= 11 is 2.05. The molecule has 0 amide bonds. The minimum absolute atomic E-state index is 0.127. The van der Waals surface area contributed by atoms with Crippen LogP contribution < -0.4 is 5.73 Å². The largest absolute Gasteiger partial charge is 0.377 e. The Labute approximate surface area is 116 Å². The van der Waals surface area contributed by atoms with Gasteiger partial charge in [0.05, 0.1) is 6.10 Å². The molecule has 2 saturated heterocycles. The maximum atomic E-state index is 6.19. The molecule has 2 heterocycles. The average molecular weight is 272 g/mol. The molecule has 106 valence electrons. The van der Waals surface area contributed by atoms with Gasteiger partial charge in [0, 0.05) is 31.0 Å². The number of rotatable bonds is 4. The van der Waals surface area contributed by atoms with Crippen LogP contribution in [0.4, 0.5) is 0 Å². The van der Waals surface area contributed by atoms with Gasteiger partial charge < -0.3 is 10.5 Å². The molecule has 2 aliphatic heterocycles. The molecule has 0 bridgehead atoms. The fourth-order valence-corrected chi connectivity index (χ4v) is 5.25. The normalized spacial score (nSPS) is 36.2. The first kappa shape index (κ1) is 14.6. The van der Waals surface area contributed by atoms with Crippen LogP contribution in [0.15, 0.2) is 0 Å². The van der Waals surface area contributed by atoms with Crippen molar-refractivity contribution in [3.05, 3.63) is 0 Å². The predicted octanol–water partition coefficient (Wildman–Crippen LogP) is 1.96.